The highest BCUT2D eigenvalue weighted by Crippen LogP contribution is 2.28. The van der Waals surface area contributed by atoms with E-state index in [1.54, 1.807) is 0 Å². The van der Waals surface area contributed by atoms with E-state index < -0.39 is 0 Å². The normalized spacial score (nSPS) is 25.9. The molecule has 1 atom stereocenters. The summed E-state index contributed by atoms with van der Waals surface area (Å²) in [5.74, 6) is 2.09. The second-order valence-corrected chi connectivity index (χ2v) is 5.47. The van der Waals surface area contributed by atoms with Gasteiger partial charge in [-0.1, -0.05) is 25.7 Å². The van der Waals surface area contributed by atoms with Gasteiger partial charge in [0.2, 0.25) is 0 Å². The molecule has 2 aliphatic rings. The molecule has 2 aliphatic carbocycles. The number of nitrogens with zero attached hydrogens (tertiary/aromatic N) is 1. The molecule has 1 saturated carbocycles. The molecule has 0 saturated heterocycles. The van der Waals surface area contributed by atoms with Crippen molar-refractivity contribution in [2.75, 3.05) is 0 Å². The van der Waals surface area contributed by atoms with Gasteiger partial charge in [0.05, 0.1) is 5.69 Å². The van der Waals surface area contributed by atoms with Crippen LogP contribution >= 0.6 is 0 Å². The molecule has 3 rings (SSSR count). The van der Waals surface area contributed by atoms with Gasteiger partial charge in [-0.25, -0.2) is 4.98 Å². The molecule has 1 heterocycles. The highest BCUT2D eigenvalue weighted by atomic mass is 14.9. The number of aromatic nitrogens is 2. The summed E-state index contributed by atoms with van der Waals surface area (Å²) >= 11 is 0. The maximum atomic E-state index is 5.97. The molecule has 16 heavy (non-hydrogen) atoms. The van der Waals surface area contributed by atoms with E-state index in [9.17, 15) is 0 Å². The lowest BCUT2D eigenvalue weighted by Gasteiger charge is -2.16. The Labute approximate surface area is 96.8 Å². The molecule has 3 heteroatoms. The number of hydrogen-bond donors (Lipinski definition) is 2. The van der Waals surface area contributed by atoms with E-state index in [-0.39, 0.29) is 0 Å². The molecule has 0 aromatic carbocycles. The molecule has 1 aromatic heterocycles. The van der Waals surface area contributed by atoms with Gasteiger partial charge < -0.3 is 10.7 Å². The fraction of sp³-hybridized carbons (Fsp3) is 0.769. The molecular formula is C13H21N3. The van der Waals surface area contributed by atoms with Gasteiger partial charge in [0.25, 0.3) is 0 Å². The summed E-state index contributed by atoms with van der Waals surface area (Å²) in [7, 11) is 0. The van der Waals surface area contributed by atoms with Gasteiger partial charge in [0.15, 0.2) is 0 Å². The van der Waals surface area contributed by atoms with Crippen molar-refractivity contribution in [3.8, 4) is 0 Å². The lowest BCUT2D eigenvalue weighted by molar-refractivity contribution is 0.532. The van der Waals surface area contributed by atoms with Gasteiger partial charge in [0, 0.05) is 24.6 Å². The third-order valence-electron chi connectivity index (χ3n) is 4.09. The first-order valence-electron chi connectivity index (χ1n) is 6.63. The van der Waals surface area contributed by atoms with Crippen LogP contribution in [-0.4, -0.2) is 16.0 Å². The van der Waals surface area contributed by atoms with E-state index in [4.69, 9.17) is 10.7 Å². The van der Waals surface area contributed by atoms with E-state index in [2.05, 4.69) is 4.98 Å². The number of nitrogens with one attached hydrogen (secondary N) is 1. The van der Waals surface area contributed by atoms with Crippen LogP contribution in [0.4, 0.5) is 0 Å². The number of nitrogens with two attached hydrogens (primary N) is 1. The Morgan fingerprint density at radius 2 is 2.06 bits per heavy atom. The van der Waals surface area contributed by atoms with Gasteiger partial charge in [-0.15, -0.1) is 0 Å². The van der Waals surface area contributed by atoms with Gasteiger partial charge in [-0.05, 0) is 18.8 Å². The predicted molar refractivity (Wildman–Crippen MR) is 64.3 cm³/mol. The third-order valence-corrected chi connectivity index (χ3v) is 4.09. The number of hydrogen-bond acceptors (Lipinski definition) is 2. The number of rotatable bonds is 2. The molecule has 0 aliphatic heterocycles. The molecule has 0 radical (unpaired) electrons. The number of aryl methyl sites for hydroxylation is 1. The molecular weight excluding hydrogens is 198 g/mol. The van der Waals surface area contributed by atoms with Crippen molar-refractivity contribution in [2.45, 2.75) is 57.4 Å². The Morgan fingerprint density at radius 3 is 2.88 bits per heavy atom. The van der Waals surface area contributed by atoms with Gasteiger partial charge in [0.1, 0.15) is 5.82 Å². The first-order valence-corrected chi connectivity index (χ1v) is 6.63. The van der Waals surface area contributed by atoms with Gasteiger partial charge in [-0.3, -0.25) is 0 Å². The average molecular weight is 219 g/mol. The number of fused-ring (bicyclic) bond motifs is 1. The maximum Gasteiger partial charge on any atom is 0.106 e. The summed E-state index contributed by atoms with van der Waals surface area (Å²) < 4.78 is 0. The van der Waals surface area contributed by atoms with Crippen LogP contribution in [0.5, 0.6) is 0 Å². The van der Waals surface area contributed by atoms with Crippen LogP contribution in [0.1, 0.15) is 49.3 Å². The molecule has 1 aromatic rings. The standard InChI is InChI=1S/C13H21N3/c14-10-5-6-11-12(8-10)16-13(15-11)7-9-3-1-2-4-9/h9-10H,1-8,14H2,(H,15,16). The minimum Gasteiger partial charge on any atom is -0.346 e. The zero-order valence-electron chi connectivity index (χ0n) is 9.84. The van der Waals surface area contributed by atoms with E-state index in [0.29, 0.717) is 6.04 Å². The van der Waals surface area contributed by atoms with Crippen molar-refractivity contribution in [1.29, 1.82) is 0 Å². The third kappa shape index (κ3) is 2.01. The molecule has 1 fully saturated rings. The van der Waals surface area contributed by atoms with Crippen LogP contribution in [-0.2, 0) is 19.3 Å². The van der Waals surface area contributed by atoms with Crippen molar-refractivity contribution in [2.24, 2.45) is 11.7 Å². The van der Waals surface area contributed by atoms with Crippen molar-refractivity contribution < 1.29 is 0 Å². The molecule has 3 nitrogen and oxygen atoms in total. The number of aromatic amines is 1. The minimum atomic E-state index is 0.340. The summed E-state index contributed by atoms with van der Waals surface area (Å²) in [6, 6.07) is 0.340. The fourth-order valence-corrected chi connectivity index (χ4v) is 3.15. The van der Waals surface area contributed by atoms with Gasteiger partial charge >= 0.3 is 0 Å². The molecule has 1 unspecified atom stereocenters. The molecule has 3 N–H and O–H groups in total. The Hall–Kier alpha value is -0.830. The molecule has 88 valence electrons. The van der Waals surface area contributed by atoms with Crippen molar-refractivity contribution in [3.63, 3.8) is 0 Å². The smallest absolute Gasteiger partial charge is 0.106 e. The van der Waals surface area contributed by atoms with Crippen LogP contribution < -0.4 is 5.73 Å². The maximum absolute atomic E-state index is 5.97. The van der Waals surface area contributed by atoms with Crippen LogP contribution in [0, 0.1) is 5.92 Å². The van der Waals surface area contributed by atoms with Crippen molar-refractivity contribution in [3.05, 3.63) is 17.2 Å². The monoisotopic (exact) mass is 219 g/mol. The average Bonchev–Trinajstić information content (AvgIpc) is 2.86. The van der Waals surface area contributed by atoms with Crippen molar-refractivity contribution in [1.82, 2.24) is 9.97 Å². The van der Waals surface area contributed by atoms with Gasteiger partial charge in [-0.2, -0.15) is 0 Å². The van der Waals surface area contributed by atoms with Crippen LogP contribution in [0.2, 0.25) is 0 Å². The lowest BCUT2D eigenvalue weighted by Crippen LogP contribution is -2.27. The highest BCUT2D eigenvalue weighted by Gasteiger charge is 2.22. The fourth-order valence-electron chi connectivity index (χ4n) is 3.15. The number of H-pyrrole nitrogens is 1. The first kappa shape index (κ1) is 10.3. The van der Waals surface area contributed by atoms with E-state index in [1.165, 1.54) is 42.9 Å². The van der Waals surface area contributed by atoms with E-state index in [1.807, 2.05) is 0 Å². The highest BCUT2D eigenvalue weighted by molar-refractivity contribution is 5.19. The molecule has 0 bridgehead atoms. The summed E-state index contributed by atoms with van der Waals surface area (Å²) in [6.07, 6.45) is 9.93. The van der Waals surface area contributed by atoms with E-state index in [0.717, 1.165) is 31.6 Å². The van der Waals surface area contributed by atoms with Crippen LogP contribution in [0.25, 0.3) is 0 Å². The molecule has 0 amide bonds. The van der Waals surface area contributed by atoms with Crippen LogP contribution in [0.3, 0.4) is 0 Å². The molecule has 0 spiro atoms. The zero-order chi connectivity index (χ0) is 11.0. The Balaban J connectivity index is 1.71. The summed E-state index contributed by atoms with van der Waals surface area (Å²) in [5, 5.41) is 0. The summed E-state index contributed by atoms with van der Waals surface area (Å²) in [6.45, 7) is 0. The SMILES string of the molecule is NC1CCc2nc(CC3CCCC3)[nH]c2C1. The minimum absolute atomic E-state index is 0.340. The quantitative estimate of drug-likeness (QED) is 0.799. The second kappa shape index (κ2) is 4.21. The number of imidazole rings is 1. The second-order valence-electron chi connectivity index (χ2n) is 5.47. The predicted octanol–water partition coefficient (Wildman–Crippen LogP) is 1.96. The Kier molecular flexibility index (Phi) is 2.72. The largest absolute Gasteiger partial charge is 0.346 e. The van der Waals surface area contributed by atoms with Crippen LogP contribution in [0.15, 0.2) is 0 Å². The Morgan fingerprint density at radius 1 is 1.25 bits per heavy atom. The first-order chi connectivity index (χ1) is 7.81. The topological polar surface area (TPSA) is 54.7 Å². The lowest BCUT2D eigenvalue weighted by atomic mass is 9.97. The Bertz CT molecular complexity index is 363. The van der Waals surface area contributed by atoms with Crippen molar-refractivity contribution >= 4 is 0 Å². The summed E-state index contributed by atoms with van der Waals surface area (Å²) in [4.78, 5) is 8.24. The zero-order valence-corrected chi connectivity index (χ0v) is 9.84. The summed E-state index contributed by atoms with van der Waals surface area (Å²) in [5.41, 5.74) is 8.57. The van der Waals surface area contributed by atoms with E-state index >= 15 is 0 Å².